The van der Waals surface area contributed by atoms with Gasteiger partial charge in [-0.2, -0.15) is 0 Å². The first-order chi connectivity index (χ1) is 20.0. The van der Waals surface area contributed by atoms with Gasteiger partial charge in [-0.3, -0.25) is 9.78 Å². The van der Waals surface area contributed by atoms with Gasteiger partial charge in [0.2, 0.25) is 0 Å². The average molecular weight is 585 g/mol. The smallest absolute Gasteiger partial charge is 0.272 e. The van der Waals surface area contributed by atoms with E-state index in [0.29, 0.717) is 35.3 Å². The molecular weight excluding hydrogens is 557 g/mol. The van der Waals surface area contributed by atoms with Crippen LogP contribution in [0, 0.1) is 0 Å². The van der Waals surface area contributed by atoms with Crippen LogP contribution in [0.3, 0.4) is 0 Å². The molecule has 1 atom stereocenters. The number of halogens is 2. The van der Waals surface area contributed by atoms with Gasteiger partial charge in [0.05, 0.1) is 28.8 Å². The van der Waals surface area contributed by atoms with Crippen LogP contribution >= 0.6 is 23.2 Å². The Balaban J connectivity index is 1.42. The molecular formula is C31H27Cl2N7O. The summed E-state index contributed by atoms with van der Waals surface area (Å²) in [5, 5.41) is 14.5. The Kier molecular flexibility index (Phi) is 7.93. The number of nitrogens with zero attached hydrogens (tertiary/aromatic N) is 5. The Bertz CT molecular complexity index is 1760. The predicted molar refractivity (Wildman–Crippen MR) is 160 cm³/mol. The first-order valence-corrected chi connectivity index (χ1v) is 14.1. The van der Waals surface area contributed by atoms with Crippen LogP contribution in [0.4, 0.5) is 0 Å². The van der Waals surface area contributed by atoms with Gasteiger partial charge in [0.15, 0.2) is 5.82 Å². The van der Waals surface area contributed by atoms with Crippen molar-refractivity contribution in [2.24, 2.45) is 0 Å². The zero-order chi connectivity index (χ0) is 28.2. The fraction of sp³-hybridized carbons (Fsp3) is 0.194. The maximum Gasteiger partial charge on any atom is 0.272 e. The summed E-state index contributed by atoms with van der Waals surface area (Å²) in [5.74, 6) is 1.09. The lowest BCUT2D eigenvalue weighted by molar-refractivity contribution is 0.0928. The van der Waals surface area contributed by atoms with Gasteiger partial charge in [-0.05, 0) is 47.7 Å². The van der Waals surface area contributed by atoms with E-state index >= 15 is 0 Å². The van der Waals surface area contributed by atoms with Crippen molar-refractivity contribution < 1.29 is 4.79 Å². The number of hydrogen-bond donors (Lipinski definition) is 2. The van der Waals surface area contributed by atoms with Gasteiger partial charge in [0.25, 0.3) is 5.91 Å². The molecule has 3 heterocycles. The van der Waals surface area contributed by atoms with Crippen LogP contribution < -0.4 is 5.32 Å². The van der Waals surface area contributed by atoms with Gasteiger partial charge in [-0.15, -0.1) is 10.2 Å². The Hall–Kier alpha value is -4.27. The monoisotopic (exact) mass is 583 g/mol. The summed E-state index contributed by atoms with van der Waals surface area (Å²) in [7, 11) is 0. The van der Waals surface area contributed by atoms with E-state index in [2.05, 4.69) is 59.3 Å². The normalized spacial score (nSPS) is 13.8. The molecule has 0 fully saturated rings. The van der Waals surface area contributed by atoms with Gasteiger partial charge >= 0.3 is 0 Å². The van der Waals surface area contributed by atoms with Crippen LogP contribution in [0.5, 0.6) is 0 Å². The molecule has 1 amide bonds. The highest BCUT2D eigenvalue weighted by Gasteiger charge is 2.26. The number of rotatable bonds is 9. The van der Waals surface area contributed by atoms with Gasteiger partial charge in [-0.25, -0.2) is 4.98 Å². The van der Waals surface area contributed by atoms with E-state index in [1.165, 1.54) is 24.2 Å². The Morgan fingerprint density at radius 1 is 1.07 bits per heavy atom. The highest BCUT2D eigenvalue weighted by molar-refractivity contribution is 6.42. The van der Waals surface area contributed by atoms with Gasteiger partial charge in [0.1, 0.15) is 11.5 Å². The number of H-pyrrole nitrogens is 1. The molecule has 10 heteroatoms. The molecule has 0 unspecified atom stereocenters. The number of benzene rings is 2. The van der Waals surface area contributed by atoms with E-state index in [1.807, 2.05) is 36.5 Å². The van der Waals surface area contributed by atoms with E-state index in [0.717, 1.165) is 40.7 Å². The SMILES string of the molecule is O=C(N[C@H](Cc1c[nH]c2ccccc12)c1nnc(CC2=CCCC=C2)n1Cc1ccc(Cl)c(Cl)c1)c1cnccn1. The van der Waals surface area contributed by atoms with Crippen molar-refractivity contribution in [2.75, 3.05) is 0 Å². The minimum atomic E-state index is -0.511. The molecule has 0 saturated carbocycles. The molecule has 206 valence electrons. The fourth-order valence-electron chi connectivity index (χ4n) is 5.09. The lowest BCUT2D eigenvalue weighted by Crippen LogP contribution is -2.33. The number of nitrogens with one attached hydrogen (secondary N) is 2. The second-order valence-corrected chi connectivity index (χ2v) is 10.7. The lowest BCUT2D eigenvalue weighted by atomic mass is 10.0. The third-order valence-electron chi connectivity index (χ3n) is 7.13. The average Bonchev–Trinajstić information content (AvgIpc) is 3.59. The van der Waals surface area contributed by atoms with Crippen molar-refractivity contribution in [3.05, 3.63) is 130 Å². The third-order valence-corrected chi connectivity index (χ3v) is 7.87. The van der Waals surface area contributed by atoms with Crippen LogP contribution in [0.25, 0.3) is 10.9 Å². The lowest BCUT2D eigenvalue weighted by Gasteiger charge is -2.20. The van der Waals surface area contributed by atoms with Crippen LogP contribution in [0.2, 0.25) is 10.0 Å². The molecule has 6 rings (SSSR count). The molecule has 0 spiro atoms. The molecule has 2 aromatic carbocycles. The van der Waals surface area contributed by atoms with Gasteiger partial charge in [-0.1, -0.05) is 65.7 Å². The van der Waals surface area contributed by atoms with Crippen molar-refractivity contribution >= 4 is 40.0 Å². The third kappa shape index (κ3) is 6.09. The summed E-state index contributed by atoms with van der Waals surface area (Å²) in [4.78, 5) is 25.0. The zero-order valence-electron chi connectivity index (χ0n) is 22.1. The molecule has 0 saturated heterocycles. The molecule has 41 heavy (non-hydrogen) atoms. The quantitative estimate of drug-likeness (QED) is 0.208. The van der Waals surface area contributed by atoms with Crippen molar-refractivity contribution in [2.45, 2.75) is 38.3 Å². The first kappa shape index (κ1) is 26.9. The number of fused-ring (bicyclic) bond motifs is 1. The number of carbonyl (C=O) groups is 1. The predicted octanol–water partition coefficient (Wildman–Crippen LogP) is 6.44. The second kappa shape index (κ2) is 12.1. The number of aromatic nitrogens is 6. The second-order valence-electron chi connectivity index (χ2n) is 9.92. The summed E-state index contributed by atoms with van der Waals surface area (Å²) in [6.45, 7) is 0.455. The summed E-state index contributed by atoms with van der Waals surface area (Å²) in [5.41, 5.74) is 4.43. The van der Waals surface area contributed by atoms with Crippen molar-refractivity contribution in [1.82, 2.24) is 35.0 Å². The summed E-state index contributed by atoms with van der Waals surface area (Å²) in [6, 6.07) is 13.2. The number of amides is 1. The number of aromatic amines is 1. The molecule has 0 bridgehead atoms. The summed E-state index contributed by atoms with van der Waals surface area (Å²) in [6.07, 6.45) is 16.1. The van der Waals surface area contributed by atoms with Crippen molar-refractivity contribution in [3.8, 4) is 0 Å². The maximum absolute atomic E-state index is 13.4. The van der Waals surface area contributed by atoms with Gasteiger partial charge in [0, 0.05) is 42.3 Å². The number of para-hydroxylation sites is 1. The molecule has 0 radical (unpaired) electrons. The zero-order valence-corrected chi connectivity index (χ0v) is 23.6. The maximum atomic E-state index is 13.4. The minimum absolute atomic E-state index is 0.227. The van der Waals surface area contributed by atoms with E-state index in [-0.39, 0.29) is 11.6 Å². The molecule has 0 aliphatic heterocycles. The van der Waals surface area contributed by atoms with Crippen LogP contribution in [-0.4, -0.2) is 35.6 Å². The van der Waals surface area contributed by atoms with E-state index in [1.54, 1.807) is 6.07 Å². The Morgan fingerprint density at radius 2 is 1.98 bits per heavy atom. The van der Waals surface area contributed by atoms with Crippen molar-refractivity contribution in [3.63, 3.8) is 0 Å². The van der Waals surface area contributed by atoms with Crippen molar-refractivity contribution in [1.29, 1.82) is 0 Å². The highest BCUT2D eigenvalue weighted by atomic mass is 35.5. The van der Waals surface area contributed by atoms with E-state index in [9.17, 15) is 4.79 Å². The summed E-state index contributed by atoms with van der Waals surface area (Å²) < 4.78 is 2.07. The first-order valence-electron chi connectivity index (χ1n) is 13.4. The molecule has 1 aliphatic rings. The van der Waals surface area contributed by atoms with Crippen LogP contribution in [0.1, 0.15) is 52.1 Å². The Labute approximate surface area is 247 Å². The molecule has 8 nitrogen and oxygen atoms in total. The topological polar surface area (TPSA) is 101 Å². The van der Waals surface area contributed by atoms with Crippen LogP contribution in [0.15, 0.2) is 91.1 Å². The number of allylic oxidation sites excluding steroid dienone is 4. The standard InChI is InChI=1S/C31H27Cl2N7O/c32-24-11-10-21(14-25(24)33)19-40-29(15-20-6-2-1-3-7-20)38-39-30(40)27(37-31(41)28-18-34-12-13-35-28)16-22-17-36-26-9-5-4-8-23(22)26/h2,4-14,17-18,27,36H,1,3,15-16,19H2,(H,37,41)/t27-/m1/s1. The van der Waals surface area contributed by atoms with E-state index in [4.69, 9.17) is 23.2 Å². The molecule has 2 N–H and O–H groups in total. The largest absolute Gasteiger partial charge is 0.361 e. The molecule has 3 aromatic heterocycles. The molecule has 5 aromatic rings. The number of carbonyl (C=O) groups excluding carboxylic acids is 1. The minimum Gasteiger partial charge on any atom is -0.361 e. The Morgan fingerprint density at radius 3 is 2.78 bits per heavy atom. The fourth-order valence-corrected chi connectivity index (χ4v) is 5.41. The highest BCUT2D eigenvalue weighted by Crippen LogP contribution is 2.28. The van der Waals surface area contributed by atoms with E-state index < -0.39 is 6.04 Å². The van der Waals surface area contributed by atoms with Crippen LogP contribution in [-0.2, 0) is 19.4 Å². The number of hydrogen-bond acceptors (Lipinski definition) is 5. The summed E-state index contributed by atoms with van der Waals surface area (Å²) >= 11 is 12.6. The van der Waals surface area contributed by atoms with Gasteiger partial charge < -0.3 is 14.9 Å². The molecule has 1 aliphatic carbocycles.